The Balaban J connectivity index is 1.56. The van der Waals surface area contributed by atoms with Gasteiger partial charge in [0.2, 0.25) is 0 Å². The molecule has 2 aliphatic carbocycles. The molecule has 0 aromatic heterocycles. The molecule has 0 amide bonds. The van der Waals surface area contributed by atoms with Gasteiger partial charge in [0.1, 0.15) is 0 Å². The van der Waals surface area contributed by atoms with Crippen molar-refractivity contribution < 1.29 is 9.47 Å². The SMILES string of the molecule is COc1cc(CNCC2CC3CCC2C3)cc(Br)c1OC. The minimum absolute atomic E-state index is 0.759. The Morgan fingerprint density at radius 2 is 2.05 bits per heavy atom. The topological polar surface area (TPSA) is 30.5 Å². The van der Waals surface area contributed by atoms with Gasteiger partial charge in [-0.1, -0.05) is 6.42 Å². The van der Waals surface area contributed by atoms with Crippen molar-refractivity contribution in [3.63, 3.8) is 0 Å². The van der Waals surface area contributed by atoms with Crippen LogP contribution in [-0.4, -0.2) is 20.8 Å². The van der Waals surface area contributed by atoms with Crippen LogP contribution in [0.4, 0.5) is 0 Å². The van der Waals surface area contributed by atoms with E-state index in [-0.39, 0.29) is 0 Å². The van der Waals surface area contributed by atoms with Gasteiger partial charge in [-0.3, -0.25) is 0 Å². The Hall–Kier alpha value is -0.740. The molecule has 0 radical (unpaired) electrons. The molecule has 0 saturated heterocycles. The molecule has 21 heavy (non-hydrogen) atoms. The summed E-state index contributed by atoms with van der Waals surface area (Å²) in [5, 5.41) is 3.63. The second kappa shape index (κ2) is 6.57. The summed E-state index contributed by atoms with van der Waals surface area (Å²) >= 11 is 3.55. The summed E-state index contributed by atoms with van der Waals surface area (Å²) in [6, 6.07) is 4.16. The fraction of sp³-hybridized carbons (Fsp3) is 0.647. The molecular formula is C17H24BrNO2. The first-order valence-electron chi connectivity index (χ1n) is 7.82. The van der Waals surface area contributed by atoms with Gasteiger partial charge in [0.25, 0.3) is 0 Å². The van der Waals surface area contributed by atoms with Gasteiger partial charge in [0.15, 0.2) is 11.5 Å². The number of fused-ring (bicyclic) bond motifs is 2. The summed E-state index contributed by atoms with van der Waals surface area (Å²) in [5.41, 5.74) is 1.22. The van der Waals surface area contributed by atoms with Crippen LogP contribution in [-0.2, 0) is 6.54 Å². The fourth-order valence-corrected chi connectivity index (χ4v) is 4.75. The molecule has 0 spiro atoms. The molecule has 1 N–H and O–H groups in total. The smallest absolute Gasteiger partial charge is 0.174 e. The van der Waals surface area contributed by atoms with Crippen molar-refractivity contribution in [3.8, 4) is 11.5 Å². The Kier molecular flexibility index (Phi) is 4.75. The zero-order valence-corrected chi connectivity index (χ0v) is 14.4. The second-order valence-electron chi connectivity index (χ2n) is 6.38. The monoisotopic (exact) mass is 353 g/mol. The molecular weight excluding hydrogens is 330 g/mol. The van der Waals surface area contributed by atoms with Crippen LogP contribution in [0.3, 0.4) is 0 Å². The molecule has 1 aromatic carbocycles. The molecule has 3 rings (SSSR count). The highest BCUT2D eigenvalue weighted by Crippen LogP contribution is 2.48. The van der Waals surface area contributed by atoms with Crippen molar-refractivity contribution in [1.29, 1.82) is 0 Å². The largest absolute Gasteiger partial charge is 0.493 e. The lowest BCUT2D eigenvalue weighted by molar-refractivity contribution is 0.318. The number of halogens is 1. The van der Waals surface area contributed by atoms with E-state index >= 15 is 0 Å². The zero-order valence-electron chi connectivity index (χ0n) is 12.8. The van der Waals surface area contributed by atoms with E-state index in [9.17, 15) is 0 Å². The normalized spacial score (nSPS) is 27.1. The molecule has 4 heteroatoms. The zero-order chi connectivity index (χ0) is 14.8. The molecule has 2 bridgehead atoms. The molecule has 3 atom stereocenters. The summed E-state index contributed by atoms with van der Waals surface area (Å²) in [5.74, 6) is 4.45. The van der Waals surface area contributed by atoms with Gasteiger partial charge in [-0.05, 0) is 77.2 Å². The number of rotatable bonds is 6. The molecule has 2 aliphatic rings. The molecule has 2 saturated carbocycles. The van der Waals surface area contributed by atoms with Crippen LogP contribution in [0.25, 0.3) is 0 Å². The third-order valence-electron chi connectivity index (χ3n) is 5.11. The summed E-state index contributed by atoms with van der Waals surface area (Å²) in [6.45, 7) is 2.03. The number of benzene rings is 1. The highest BCUT2D eigenvalue weighted by atomic mass is 79.9. The van der Waals surface area contributed by atoms with E-state index in [1.165, 1.54) is 31.2 Å². The average Bonchev–Trinajstić information content (AvgIpc) is 3.09. The molecule has 0 heterocycles. The molecule has 3 unspecified atom stereocenters. The van der Waals surface area contributed by atoms with Gasteiger partial charge in [-0.25, -0.2) is 0 Å². The fourth-order valence-electron chi connectivity index (χ4n) is 4.10. The minimum atomic E-state index is 0.759. The molecule has 2 fully saturated rings. The highest BCUT2D eigenvalue weighted by Gasteiger charge is 2.38. The lowest BCUT2D eigenvalue weighted by Crippen LogP contribution is -2.26. The van der Waals surface area contributed by atoms with E-state index < -0.39 is 0 Å². The quantitative estimate of drug-likeness (QED) is 0.838. The third-order valence-corrected chi connectivity index (χ3v) is 5.70. The number of ether oxygens (including phenoxy) is 2. The van der Waals surface area contributed by atoms with Gasteiger partial charge in [0, 0.05) is 6.54 Å². The van der Waals surface area contributed by atoms with Crippen molar-refractivity contribution in [1.82, 2.24) is 5.32 Å². The van der Waals surface area contributed by atoms with Crippen LogP contribution in [0.2, 0.25) is 0 Å². The maximum Gasteiger partial charge on any atom is 0.174 e. The Morgan fingerprint density at radius 3 is 2.67 bits per heavy atom. The Morgan fingerprint density at radius 1 is 1.19 bits per heavy atom. The third kappa shape index (κ3) is 3.21. The van der Waals surface area contributed by atoms with Crippen LogP contribution in [0, 0.1) is 17.8 Å². The van der Waals surface area contributed by atoms with Gasteiger partial charge in [0.05, 0.1) is 18.7 Å². The molecule has 3 nitrogen and oxygen atoms in total. The van der Waals surface area contributed by atoms with E-state index in [1.807, 2.05) is 0 Å². The Bertz CT molecular complexity index is 506. The van der Waals surface area contributed by atoms with Crippen molar-refractivity contribution in [3.05, 3.63) is 22.2 Å². The van der Waals surface area contributed by atoms with Crippen molar-refractivity contribution in [2.24, 2.45) is 17.8 Å². The maximum atomic E-state index is 5.39. The maximum absolute atomic E-state index is 5.39. The van der Waals surface area contributed by atoms with Crippen molar-refractivity contribution >= 4 is 15.9 Å². The average molecular weight is 354 g/mol. The van der Waals surface area contributed by atoms with Crippen LogP contribution in [0.1, 0.15) is 31.2 Å². The number of methoxy groups -OCH3 is 2. The predicted octanol–water partition coefficient (Wildman–Crippen LogP) is 3.99. The van der Waals surface area contributed by atoms with Gasteiger partial charge in [-0.15, -0.1) is 0 Å². The standard InChI is InChI=1S/C17H24BrNO2/c1-20-16-8-12(7-15(18)17(16)21-2)9-19-10-14-6-11-3-4-13(14)5-11/h7-8,11,13-14,19H,3-6,9-10H2,1-2H3. The number of hydrogen-bond donors (Lipinski definition) is 1. The molecule has 1 aromatic rings. The number of hydrogen-bond acceptors (Lipinski definition) is 3. The van der Waals surface area contributed by atoms with Crippen LogP contribution in [0.15, 0.2) is 16.6 Å². The Labute approximate surface area is 135 Å². The lowest BCUT2D eigenvalue weighted by atomic mass is 9.89. The highest BCUT2D eigenvalue weighted by molar-refractivity contribution is 9.10. The summed E-state index contributed by atoms with van der Waals surface area (Å²) in [6.07, 6.45) is 5.85. The van der Waals surface area contributed by atoms with Gasteiger partial charge in [-0.2, -0.15) is 0 Å². The molecule has 0 aliphatic heterocycles. The van der Waals surface area contributed by atoms with E-state index in [0.29, 0.717) is 0 Å². The second-order valence-corrected chi connectivity index (χ2v) is 7.23. The van der Waals surface area contributed by atoms with Crippen molar-refractivity contribution in [2.45, 2.75) is 32.2 Å². The first-order chi connectivity index (χ1) is 10.2. The van der Waals surface area contributed by atoms with Crippen LogP contribution in [0.5, 0.6) is 11.5 Å². The summed E-state index contributed by atoms with van der Waals surface area (Å²) < 4.78 is 11.7. The van der Waals surface area contributed by atoms with Gasteiger partial charge < -0.3 is 14.8 Å². The first-order valence-corrected chi connectivity index (χ1v) is 8.61. The van der Waals surface area contributed by atoms with Crippen LogP contribution >= 0.6 is 15.9 Å². The van der Waals surface area contributed by atoms with E-state index in [2.05, 4.69) is 33.4 Å². The summed E-state index contributed by atoms with van der Waals surface area (Å²) in [4.78, 5) is 0. The van der Waals surface area contributed by atoms with Crippen LogP contribution < -0.4 is 14.8 Å². The minimum Gasteiger partial charge on any atom is -0.493 e. The van der Waals surface area contributed by atoms with E-state index in [1.54, 1.807) is 14.2 Å². The van der Waals surface area contributed by atoms with Crippen molar-refractivity contribution in [2.75, 3.05) is 20.8 Å². The van der Waals surface area contributed by atoms with E-state index in [0.717, 1.165) is 46.8 Å². The summed E-state index contributed by atoms with van der Waals surface area (Å²) in [7, 11) is 3.34. The van der Waals surface area contributed by atoms with Gasteiger partial charge >= 0.3 is 0 Å². The molecule has 116 valence electrons. The first kappa shape index (κ1) is 15.2. The lowest BCUT2D eigenvalue weighted by Gasteiger charge is -2.22. The predicted molar refractivity (Wildman–Crippen MR) is 87.9 cm³/mol. The number of nitrogens with one attached hydrogen (secondary N) is 1. The van der Waals surface area contributed by atoms with E-state index in [4.69, 9.17) is 9.47 Å².